The molecule has 12 heavy (non-hydrogen) atoms. The first-order valence-electron chi connectivity index (χ1n) is 5.49. The molecule has 1 rings (SSSR count). The number of rotatable bonds is 0. The Morgan fingerprint density at radius 2 is 0.833 bits per heavy atom. The van der Waals surface area contributed by atoms with E-state index >= 15 is 0 Å². The summed E-state index contributed by atoms with van der Waals surface area (Å²) in [7, 11) is 1.50. The van der Waals surface area contributed by atoms with E-state index in [4.69, 9.17) is 0 Å². The lowest BCUT2D eigenvalue weighted by Crippen LogP contribution is -1.69. The smallest absolute Gasteiger partial charge is 0.0195 e. The number of nitrogens with two attached hydrogens (primary N) is 1. The Labute approximate surface area is 79.7 Å². The van der Waals surface area contributed by atoms with Crippen molar-refractivity contribution in [3.63, 3.8) is 0 Å². The van der Waals surface area contributed by atoms with Crippen LogP contribution in [0.3, 0.4) is 0 Å². The molecule has 0 aromatic rings. The van der Waals surface area contributed by atoms with Gasteiger partial charge >= 0.3 is 0 Å². The van der Waals surface area contributed by atoms with Crippen LogP contribution in [0, 0.1) is 0 Å². The number of hydrogen-bond donors (Lipinski definition) is 1. The molecule has 0 bridgehead atoms. The van der Waals surface area contributed by atoms with Crippen molar-refractivity contribution in [1.82, 2.24) is 0 Å². The summed E-state index contributed by atoms with van der Waals surface area (Å²) in [5.74, 6) is 0. The fourth-order valence-electron chi connectivity index (χ4n) is 0.884. The molecule has 1 aliphatic rings. The summed E-state index contributed by atoms with van der Waals surface area (Å²) in [5.41, 5.74) is 4.50. The van der Waals surface area contributed by atoms with E-state index in [2.05, 4.69) is 19.6 Å². The maximum atomic E-state index is 4.50. The minimum atomic E-state index is 1.25. The van der Waals surface area contributed by atoms with Crippen LogP contribution in [-0.2, 0) is 0 Å². The van der Waals surface area contributed by atoms with Crippen molar-refractivity contribution in [2.75, 3.05) is 7.05 Å². The first-order valence-corrected chi connectivity index (χ1v) is 5.49. The average Bonchev–Trinajstić information content (AvgIpc) is 2.69. The second-order valence-electron chi connectivity index (χ2n) is 2.47. The summed E-state index contributed by atoms with van der Waals surface area (Å²) in [5, 5.41) is 0. The van der Waals surface area contributed by atoms with E-state index in [0.717, 1.165) is 0 Å². The van der Waals surface area contributed by atoms with Gasteiger partial charge in [-0.3, -0.25) is 0 Å². The molecule has 1 aliphatic carbocycles. The summed E-state index contributed by atoms with van der Waals surface area (Å²) < 4.78 is 0. The Kier molecular flexibility index (Phi) is 45.6. The Morgan fingerprint density at radius 3 is 0.917 bits per heavy atom. The van der Waals surface area contributed by atoms with Crippen molar-refractivity contribution in [2.45, 2.75) is 66.2 Å². The highest BCUT2D eigenvalue weighted by Crippen LogP contribution is 2.15. The highest BCUT2D eigenvalue weighted by Gasteiger charge is 1.95. The average molecular weight is 175 g/mol. The zero-order valence-electron chi connectivity index (χ0n) is 9.82. The quantitative estimate of drug-likeness (QED) is 0.592. The van der Waals surface area contributed by atoms with Crippen LogP contribution in [0.4, 0.5) is 0 Å². The van der Waals surface area contributed by atoms with E-state index < -0.39 is 0 Å². The third kappa shape index (κ3) is 32.5. The van der Waals surface area contributed by atoms with Crippen LogP contribution in [0.5, 0.6) is 0 Å². The summed E-state index contributed by atoms with van der Waals surface area (Å²) in [6, 6.07) is 0. The van der Waals surface area contributed by atoms with Gasteiger partial charge in [-0.2, -0.15) is 0 Å². The summed E-state index contributed by atoms with van der Waals surface area (Å²) >= 11 is 0. The predicted octanol–water partition coefficient (Wildman–Crippen LogP) is 3.97. The van der Waals surface area contributed by atoms with E-state index in [1.165, 1.54) is 45.6 Å². The van der Waals surface area contributed by atoms with Crippen molar-refractivity contribution in [3.8, 4) is 0 Å². The van der Waals surface area contributed by atoms with Gasteiger partial charge in [0.1, 0.15) is 0 Å². The van der Waals surface area contributed by atoms with Gasteiger partial charge in [0.05, 0.1) is 0 Å². The zero-order chi connectivity index (χ0) is 10.2. The van der Waals surface area contributed by atoms with Crippen LogP contribution in [-0.4, -0.2) is 7.05 Å². The maximum absolute atomic E-state index is 4.50. The van der Waals surface area contributed by atoms with E-state index in [-0.39, 0.29) is 0 Å². The molecular formula is C11H29N. The van der Waals surface area contributed by atoms with Crippen LogP contribution < -0.4 is 5.73 Å². The standard InChI is InChI=1S/C5H10.C3H8.C2H6.CH5N/c1-2-4-5-3-1;1-3-2;2*1-2/h1-5H2;3H2,1-2H3;1-2H3;2H2,1H3. The second kappa shape index (κ2) is 30.6. The Bertz CT molecular complexity index is 24.4. The molecule has 1 fully saturated rings. The maximum Gasteiger partial charge on any atom is -0.0195 e. The van der Waals surface area contributed by atoms with Crippen molar-refractivity contribution in [3.05, 3.63) is 0 Å². The van der Waals surface area contributed by atoms with E-state index in [9.17, 15) is 0 Å². The highest BCUT2D eigenvalue weighted by molar-refractivity contribution is 4.51. The molecular weight excluding hydrogens is 146 g/mol. The third-order valence-corrected chi connectivity index (χ3v) is 1.25. The molecule has 78 valence electrons. The lowest BCUT2D eigenvalue weighted by molar-refractivity contribution is 0.886. The molecule has 1 saturated carbocycles. The molecule has 0 radical (unpaired) electrons. The van der Waals surface area contributed by atoms with Gasteiger partial charge in [-0.15, -0.1) is 0 Å². The minimum Gasteiger partial charge on any atom is -0.333 e. The van der Waals surface area contributed by atoms with Crippen LogP contribution in [0.25, 0.3) is 0 Å². The summed E-state index contributed by atoms with van der Waals surface area (Å²) in [6.07, 6.45) is 8.75. The molecule has 0 aromatic heterocycles. The van der Waals surface area contributed by atoms with Crippen molar-refractivity contribution >= 4 is 0 Å². The molecule has 1 nitrogen and oxygen atoms in total. The summed E-state index contributed by atoms with van der Waals surface area (Å²) in [6.45, 7) is 8.25. The monoisotopic (exact) mass is 175 g/mol. The second-order valence-corrected chi connectivity index (χ2v) is 2.47. The molecule has 2 N–H and O–H groups in total. The molecule has 1 heteroatoms. The zero-order valence-corrected chi connectivity index (χ0v) is 9.82. The van der Waals surface area contributed by atoms with Gasteiger partial charge in [0, 0.05) is 0 Å². The van der Waals surface area contributed by atoms with Crippen LogP contribution in [0.2, 0.25) is 0 Å². The normalized spacial score (nSPS) is 12.5. The molecule has 0 heterocycles. The third-order valence-electron chi connectivity index (χ3n) is 1.25. The first kappa shape index (κ1) is 17.9. The molecule has 0 saturated heterocycles. The minimum absolute atomic E-state index is 1.25. The van der Waals surface area contributed by atoms with Gasteiger partial charge in [0.25, 0.3) is 0 Å². The lowest BCUT2D eigenvalue weighted by atomic mass is 10.4. The van der Waals surface area contributed by atoms with Crippen LogP contribution >= 0.6 is 0 Å². The topological polar surface area (TPSA) is 26.0 Å². The largest absolute Gasteiger partial charge is 0.333 e. The molecule has 0 spiro atoms. The molecule has 0 atom stereocenters. The molecule has 0 aromatic carbocycles. The molecule has 0 unspecified atom stereocenters. The van der Waals surface area contributed by atoms with E-state index in [0.29, 0.717) is 0 Å². The van der Waals surface area contributed by atoms with Gasteiger partial charge in [0.2, 0.25) is 0 Å². The van der Waals surface area contributed by atoms with Crippen molar-refractivity contribution in [1.29, 1.82) is 0 Å². The SMILES string of the molecule is C1CCCC1.CC.CCC.CN. The van der Waals surface area contributed by atoms with Gasteiger partial charge < -0.3 is 5.73 Å². The van der Waals surface area contributed by atoms with Crippen LogP contribution in [0.15, 0.2) is 0 Å². The van der Waals surface area contributed by atoms with Crippen molar-refractivity contribution < 1.29 is 0 Å². The fraction of sp³-hybridized carbons (Fsp3) is 1.00. The van der Waals surface area contributed by atoms with Gasteiger partial charge in [-0.1, -0.05) is 66.2 Å². The highest BCUT2D eigenvalue weighted by atomic mass is 14.4. The Hall–Kier alpha value is -0.0400. The molecule has 0 amide bonds. The number of hydrogen-bond acceptors (Lipinski definition) is 1. The van der Waals surface area contributed by atoms with E-state index in [1.54, 1.807) is 0 Å². The first-order chi connectivity index (χ1) is 5.91. The Balaban J connectivity index is -0.000000102. The van der Waals surface area contributed by atoms with Gasteiger partial charge in [-0.25, -0.2) is 0 Å². The predicted molar refractivity (Wildman–Crippen MR) is 60.5 cm³/mol. The van der Waals surface area contributed by atoms with E-state index in [1.807, 2.05) is 13.8 Å². The molecule has 0 aliphatic heterocycles. The van der Waals surface area contributed by atoms with Crippen molar-refractivity contribution in [2.24, 2.45) is 5.73 Å². The lowest BCUT2D eigenvalue weighted by Gasteiger charge is -1.67. The van der Waals surface area contributed by atoms with Gasteiger partial charge in [-0.05, 0) is 7.05 Å². The fourth-order valence-corrected chi connectivity index (χ4v) is 0.884. The van der Waals surface area contributed by atoms with Gasteiger partial charge in [0.15, 0.2) is 0 Å². The van der Waals surface area contributed by atoms with Crippen LogP contribution in [0.1, 0.15) is 66.2 Å². The summed E-state index contributed by atoms with van der Waals surface area (Å²) in [4.78, 5) is 0. The Morgan fingerprint density at radius 1 is 0.750 bits per heavy atom.